The van der Waals surface area contributed by atoms with E-state index in [0.717, 1.165) is 18.0 Å². The quantitative estimate of drug-likeness (QED) is 0.852. The first-order chi connectivity index (χ1) is 9.85. The standard InChI is InChI=1S/C17H33N3/c1-2-15-6-8-18-16(12-15)13-19-11-7-17(14-19)20-9-4-3-5-10-20/h15-18H,2-14H2,1H3. The Morgan fingerprint density at radius 3 is 2.70 bits per heavy atom. The summed E-state index contributed by atoms with van der Waals surface area (Å²) in [5.41, 5.74) is 0. The van der Waals surface area contributed by atoms with Crippen LogP contribution in [0.2, 0.25) is 0 Å². The maximum atomic E-state index is 3.75. The van der Waals surface area contributed by atoms with Crippen molar-refractivity contribution in [2.24, 2.45) is 5.92 Å². The zero-order valence-electron chi connectivity index (χ0n) is 13.3. The molecule has 3 rings (SSSR count). The molecule has 1 N–H and O–H groups in total. The smallest absolute Gasteiger partial charge is 0.0235 e. The average molecular weight is 279 g/mol. The lowest BCUT2D eigenvalue weighted by Gasteiger charge is -2.34. The van der Waals surface area contributed by atoms with Crippen molar-refractivity contribution in [3.63, 3.8) is 0 Å². The summed E-state index contributed by atoms with van der Waals surface area (Å²) in [4.78, 5) is 5.50. The SMILES string of the molecule is CCC1CCNC(CN2CCC(N3CCCCC3)C2)C1. The highest BCUT2D eigenvalue weighted by molar-refractivity contribution is 4.88. The highest BCUT2D eigenvalue weighted by atomic mass is 15.3. The third-order valence-corrected chi connectivity index (χ3v) is 5.81. The second-order valence-corrected chi connectivity index (χ2v) is 7.25. The van der Waals surface area contributed by atoms with E-state index in [2.05, 4.69) is 22.0 Å². The molecular formula is C17H33N3. The van der Waals surface area contributed by atoms with Crippen molar-refractivity contribution < 1.29 is 0 Å². The highest BCUT2D eigenvalue weighted by Crippen LogP contribution is 2.23. The average Bonchev–Trinajstić information content (AvgIpc) is 2.97. The minimum Gasteiger partial charge on any atom is -0.313 e. The summed E-state index contributed by atoms with van der Waals surface area (Å²) in [6.07, 6.45) is 9.89. The van der Waals surface area contributed by atoms with Crippen LogP contribution in [0.25, 0.3) is 0 Å². The number of hydrogen-bond donors (Lipinski definition) is 1. The summed E-state index contributed by atoms with van der Waals surface area (Å²) in [7, 11) is 0. The monoisotopic (exact) mass is 279 g/mol. The van der Waals surface area contributed by atoms with E-state index >= 15 is 0 Å². The maximum Gasteiger partial charge on any atom is 0.0235 e. The number of hydrogen-bond acceptors (Lipinski definition) is 3. The van der Waals surface area contributed by atoms with E-state index in [1.807, 2.05) is 0 Å². The minimum atomic E-state index is 0.758. The summed E-state index contributed by atoms with van der Waals surface area (Å²) < 4.78 is 0. The van der Waals surface area contributed by atoms with Crippen LogP contribution in [0.1, 0.15) is 51.9 Å². The van der Waals surface area contributed by atoms with Gasteiger partial charge in [0.25, 0.3) is 0 Å². The Balaban J connectivity index is 1.43. The topological polar surface area (TPSA) is 18.5 Å². The summed E-state index contributed by atoms with van der Waals surface area (Å²) in [6.45, 7) is 10.3. The molecule has 3 heteroatoms. The van der Waals surface area contributed by atoms with Gasteiger partial charge in [0.1, 0.15) is 0 Å². The molecule has 116 valence electrons. The molecule has 0 amide bonds. The molecular weight excluding hydrogens is 246 g/mol. The molecule has 3 unspecified atom stereocenters. The van der Waals surface area contributed by atoms with Gasteiger partial charge in [-0.1, -0.05) is 19.8 Å². The molecule has 3 aliphatic heterocycles. The Morgan fingerprint density at radius 1 is 1.05 bits per heavy atom. The van der Waals surface area contributed by atoms with Gasteiger partial charge in [-0.25, -0.2) is 0 Å². The van der Waals surface area contributed by atoms with Gasteiger partial charge in [-0.3, -0.25) is 4.90 Å². The van der Waals surface area contributed by atoms with Crippen LogP contribution in [-0.2, 0) is 0 Å². The molecule has 0 saturated carbocycles. The Hall–Kier alpha value is -0.120. The predicted octanol–water partition coefficient (Wildman–Crippen LogP) is 2.32. The Morgan fingerprint density at radius 2 is 1.90 bits per heavy atom. The molecule has 3 fully saturated rings. The van der Waals surface area contributed by atoms with Crippen LogP contribution in [0.4, 0.5) is 0 Å². The molecule has 0 aromatic heterocycles. The first kappa shape index (κ1) is 14.8. The fraction of sp³-hybridized carbons (Fsp3) is 1.00. The van der Waals surface area contributed by atoms with Gasteiger partial charge in [-0.15, -0.1) is 0 Å². The summed E-state index contributed by atoms with van der Waals surface area (Å²) >= 11 is 0. The molecule has 0 radical (unpaired) electrons. The number of likely N-dealkylation sites (tertiary alicyclic amines) is 2. The predicted molar refractivity (Wildman–Crippen MR) is 85.1 cm³/mol. The maximum absolute atomic E-state index is 3.75. The lowest BCUT2D eigenvalue weighted by atomic mass is 9.90. The Bertz CT molecular complexity index is 288. The van der Waals surface area contributed by atoms with E-state index < -0.39 is 0 Å². The molecule has 3 saturated heterocycles. The lowest BCUT2D eigenvalue weighted by molar-refractivity contribution is 0.156. The van der Waals surface area contributed by atoms with Crippen molar-refractivity contribution in [2.75, 3.05) is 39.3 Å². The summed E-state index contributed by atoms with van der Waals surface area (Å²) in [6, 6.07) is 1.62. The zero-order valence-corrected chi connectivity index (χ0v) is 13.3. The fourth-order valence-electron chi connectivity index (χ4n) is 4.48. The van der Waals surface area contributed by atoms with Crippen molar-refractivity contribution >= 4 is 0 Å². The van der Waals surface area contributed by atoms with Crippen LogP contribution in [-0.4, -0.2) is 61.2 Å². The zero-order chi connectivity index (χ0) is 13.8. The van der Waals surface area contributed by atoms with Crippen molar-refractivity contribution in [2.45, 2.75) is 64.0 Å². The van der Waals surface area contributed by atoms with Gasteiger partial charge < -0.3 is 10.2 Å². The minimum absolute atomic E-state index is 0.758. The van der Waals surface area contributed by atoms with E-state index in [4.69, 9.17) is 0 Å². The van der Waals surface area contributed by atoms with E-state index in [1.165, 1.54) is 84.2 Å². The Kier molecular flexibility index (Phi) is 5.36. The van der Waals surface area contributed by atoms with Crippen molar-refractivity contribution in [3.05, 3.63) is 0 Å². The summed E-state index contributed by atoms with van der Waals surface area (Å²) in [5.74, 6) is 0.974. The van der Waals surface area contributed by atoms with Gasteiger partial charge >= 0.3 is 0 Å². The van der Waals surface area contributed by atoms with Crippen molar-refractivity contribution in [1.29, 1.82) is 0 Å². The number of piperidine rings is 2. The third kappa shape index (κ3) is 3.75. The largest absolute Gasteiger partial charge is 0.313 e. The molecule has 20 heavy (non-hydrogen) atoms. The number of nitrogens with zero attached hydrogens (tertiary/aromatic N) is 2. The normalized spacial score (nSPS) is 37.4. The molecule has 3 atom stereocenters. The fourth-order valence-corrected chi connectivity index (χ4v) is 4.48. The van der Waals surface area contributed by atoms with E-state index in [-0.39, 0.29) is 0 Å². The molecule has 0 spiro atoms. The van der Waals surface area contributed by atoms with E-state index in [9.17, 15) is 0 Å². The molecule has 3 nitrogen and oxygen atoms in total. The molecule has 3 aliphatic rings. The van der Waals surface area contributed by atoms with Crippen LogP contribution in [0.3, 0.4) is 0 Å². The molecule has 0 aromatic carbocycles. The molecule has 0 bridgehead atoms. The van der Waals surface area contributed by atoms with Crippen LogP contribution in [0.5, 0.6) is 0 Å². The third-order valence-electron chi connectivity index (χ3n) is 5.81. The highest BCUT2D eigenvalue weighted by Gasteiger charge is 2.30. The van der Waals surface area contributed by atoms with E-state index in [1.54, 1.807) is 0 Å². The second kappa shape index (κ2) is 7.24. The van der Waals surface area contributed by atoms with Gasteiger partial charge in [0.05, 0.1) is 0 Å². The number of rotatable bonds is 4. The van der Waals surface area contributed by atoms with Gasteiger partial charge in [0.2, 0.25) is 0 Å². The van der Waals surface area contributed by atoms with Gasteiger partial charge in [-0.05, 0) is 64.2 Å². The Labute approximate surface area is 125 Å². The van der Waals surface area contributed by atoms with Crippen molar-refractivity contribution in [1.82, 2.24) is 15.1 Å². The van der Waals surface area contributed by atoms with Gasteiger partial charge in [0, 0.05) is 25.2 Å². The second-order valence-electron chi connectivity index (χ2n) is 7.25. The lowest BCUT2D eigenvalue weighted by Crippen LogP contribution is -2.46. The van der Waals surface area contributed by atoms with Crippen molar-refractivity contribution in [3.8, 4) is 0 Å². The van der Waals surface area contributed by atoms with Crippen LogP contribution >= 0.6 is 0 Å². The number of nitrogens with one attached hydrogen (secondary N) is 1. The first-order valence-corrected chi connectivity index (χ1v) is 9.05. The molecule has 0 aromatic rings. The first-order valence-electron chi connectivity index (χ1n) is 9.05. The summed E-state index contributed by atoms with van der Waals surface area (Å²) in [5, 5.41) is 3.75. The molecule has 0 aliphatic carbocycles. The van der Waals surface area contributed by atoms with E-state index in [0.29, 0.717) is 0 Å². The molecule has 3 heterocycles. The van der Waals surface area contributed by atoms with Crippen LogP contribution < -0.4 is 5.32 Å². The van der Waals surface area contributed by atoms with Gasteiger partial charge in [-0.2, -0.15) is 0 Å². The van der Waals surface area contributed by atoms with Crippen LogP contribution in [0, 0.1) is 5.92 Å². The van der Waals surface area contributed by atoms with Gasteiger partial charge in [0.15, 0.2) is 0 Å². The van der Waals surface area contributed by atoms with Crippen LogP contribution in [0.15, 0.2) is 0 Å².